The zero-order valence-electron chi connectivity index (χ0n) is 10.2. The number of hydroxylamine groups is 2. The van der Waals surface area contributed by atoms with Gasteiger partial charge in [-0.1, -0.05) is 6.42 Å². The molecule has 0 spiro atoms. The van der Waals surface area contributed by atoms with Crippen LogP contribution in [0.15, 0.2) is 0 Å². The molecule has 1 aliphatic rings. The van der Waals surface area contributed by atoms with E-state index in [9.17, 15) is 4.79 Å². The van der Waals surface area contributed by atoms with Gasteiger partial charge in [0.25, 0.3) is 0 Å². The van der Waals surface area contributed by atoms with Gasteiger partial charge in [0, 0.05) is 6.54 Å². The average molecular weight is 231 g/mol. The van der Waals surface area contributed by atoms with Crippen LogP contribution in [-0.4, -0.2) is 41.1 Å². The summed E-state index contributed by atoms with van der Waals surface area (Å²) in [6.45, 7) is 6.02. The molecule has 0 bridgehead atoms. The van der Waals surface area contributed by atoms with E-state index in [1.807, 2.05) is 0 Å². The topological polar surface area (TPSA) is 59.0 Å². The fourth-order valence-corrected chi connectivity index (χ4v) is 1.64. The van der Waals surface area contributed by atoms with Gasteiger partial charge in [-0.05, 0) is 33.6 Å². The van der Waals surface area contributed by atoms with Crippen LogP contribution in [-0.2, 0) is 9.57 Å². The van der Waals surface area contributed by atoms with Crippen molar-refractivity contribution in [2.75, 3.05) is 13.2 Å². The maximum absolute atomic E-state index is 11.4. The van der Waals surface area contributed by atoms with Crippen molar-refractivity contribution in [2.24, 2.45) is 0 Å². The fourth-order valence-electron chi connectivity index (χ4n) is 1.64. The van der Waals surface area contributed by atoms with Gasteiger partial charge in [-0.25, -0.2) is 4.79 Å². The third-order valence-corrected chi connectivity index (χ3v) is 2.37. The number of piperidine rings is 1. The maximum atomic E-state index is 11.4. The van der Waals surface area contributed by atoms with E-state index in [1.165, 1.54) is 5.06 Å². The molecule has 0 amide bonds. The Kier molecular flexibility index (Phi) is 4.56. The van der Waals surface area contributed by atoms with Crippen LogP contribution in [0.3, 0.4) is 0 Å². The van der Waals surface area contributed by atoms with Gasteiger partial charge in [0.15, 0.2) is 0 Å². The first kappa shape index (κ1) is 13.3. The fraction of sp³-hybridized carbons (Fsp3) is 0.909. The molecule has 1 saturated heterocycles. The molecule has 0 saturated carbocycles. The summed E-state index contributed by atoms with van der Waals surface area (Å²) < 4.78 is 5.05. The minimum Gasteiger partial charge on any atom is -0.427 e. The van der Waals surface area contributed by atoms with Crippen LogP contribution in [0.25, 0.3) is 0 Å². The second-order valence-corrected chi connectivity index (χ2v) is 5.03. The van der Waals surface area contributed by atoms with Crippen molar-refractivity contribution in [1.82, 2.24) is 5.06 Å². The van der Waals surface area contributed by atoms with Crippen molar-refractivity contribution in [3.05, 3.63) is 0 Å². The van der Waals surface area contributed by atoms with Crippen molar-refractivity contribution in [3.8, 4) is 0 Å². The summed E-state index contributed by atoms with van der Waals surface area (Å²) in [6, 6.07) is -0.0960. The van der Waals surface area contributed by atoms with Crippen LogP contribution in [0.5, 0.6) is 0 Å². The van der Waals surface area contributed by atoms with Gasteiger partial charge in [-0.2, -0.15) is 0 Å². The number of carbonyl (C=O) groups is 1. The monoisotopic (exact) mass is 231 g/mol. The average Bonchev–Trinajstić information content (AvgIpc) is 2.15. The number of ether oxygens (including phenoxy) is 1. The molecule has 0 aromatic heterocycles. The lowest BCUT2D eigenvalue weighted by atomic mass is 10.1. The highest BCUT2D eigenvalue weighted by atomic mass is 16.8. The number of aliphatic hydroxyl groups is 1. The van der Waals surface area contributed by atoms with E-state index in [0.29, 0.717) is 6.54 Å². The molecule has 0 aromatic rings. The van der Waals surface area contributed by atoms with Crippen LogP contribution >= 0.6 is 0 Å². The molecule has 94 valence electrons. The smallest absolute Gasteiger partial charge is 0.427 e. The summed E-state index contributed by atoms with van der Waals surface area (Å²) in [7, 11) is 0. The summed E-state index contributed by atoms with van der Waals surface area (Å²) in [5.74, 6) is 0. The first-order valence-electron chi connectivity index (χ1n) is 5.71. The minimum atomic E-state index is -0.701. The summed E-state index contributed by atoms with van der Waals surface area (Å²) in [4.78, 5) is 16.5. The van der Waals surface area contributed by atoms with E-state index in [2.05, 4.69) is 0 Å². The predicted octanol–water partition coefficient (Wildman–Crippen LogP) is 1.70. The first-order valence-corrected chi connectivity index (χ1v) is 5.71. The molecule has 5 heteroatoms. The number of nitrogens with zero attached hydrogens (tertiary/aromatic N) is 1. The standard InChI is InChI=1S/C11H21NO4/c1-11(2,3)15-10(14)16-12-7-5-4-6-9(12)8-13/h9,13H,4-8H2,1-3H3. The van der Waals surface area contributed by atoms with Gasteiger partial charge in [0.1, 0.15) is 5.60 Å². The second kappa shape index (κ2) is 5.50. The summed E-state index contributed by atoms with van der Waals surface area (Å²) in [5, 5.41) is 10.7. The number of rotatable bonds is 2. The second-order valence-electron chi connectivity index (χ2n) is 5.03. The molecule has 16 heavy (non-hydrogen) atoms. The Labute approximate surface area is 96.3 Å². The van der Waals surface area contributed by atoms with E-state index >= 15 is 0 Å². The minimum absolute atomic E-state index is 0.00278. The van der Waals surface area contributed by atoms with Gasteiger partial charge >= 0.3 is 6.16 Å². The number of aliphatic hydroxyl groups excluding tert-OH is 1. The van der Waals surface area contributed by atoms with Gasteiger partial charge in [-0.3, -0.25) is 0 Å². The van der Waals surface area contributed by atoms with E-state index in [4.69, 9.17) is 14.7 Å². The van der Waals surface area contributed by atoms with E-state index in [1.54, 1.807) is 20.8 Å². The van der Waals surface area contributed by atoms with Crippen LogP contribution in [0.4, 0.5) is 4.79 Å². The van der Waals surface area contributed by atoms with Crippen LogP contribution in [0.1, 0.15) is 40.0 Å². The Hall–Kier alpha value is -0.810. The molecule has 1 rings (SSSR count). The number of hydrogen-bond donors (Lipinski definition) is 1. The molecule has 5 nitrogen and oxygen atoms in total. The van der Waals surface area contributed by atoms with Gasteiger partial charge in [-0.15, -0.1) is 5.06 Å². The van der Waals surface area contributed by atoms with Crippen molar-refractivity contribution in [3.63, 3.8) is 0 Å². The highest BCUT2D eigenvalue weighted by Gasteiger charge is 2.27. The first-order chi connectivity index (χ1) is 7.42. The zero-order chi connectivity index (χ0) is 12.2. The maximum Gasteiger partial charge on any atom is 0.528 e. The molecule has 1 atom stereocenters. The van der Waals surface area contributed by atoms with E-state index in [0.717, 1.165) is 19.3 Å². The molecule has 0 aromatic carbocycles. The van der Waals surface area contributed by atoms with Crippen molar-refractivity contribution in [2.45, 2.75) is 51.7 Å². The third-order valence-electron chi connectivity index (χ3n) is 2.37. The molecule has 1 heterocycles. The Morgan fingerprint density at radius 2 is 2.12 bits per heavy atom. The zero-order valence-corrected chi connectivity index (χ0v) is 10.2. The number of hydrogen-bond acceptors (Lipinski definition) is 5. The SMILES string of the molecule is CC(C)(C)OC(=O)ON1CCCCC1CO. The van der Waals surface area contributed by atoms with Crippen molar-refractivity contribution in [1.29, 1.82) is 0 Å². The van der Waals surface area contributed by atoms with E-state index < -0.39 is 11.8 Å². The molecule has 0 aliphatic carbocycles. The Balaban J connectivity index is 2.42. The lowest BCUT2D eigenvalue weighted by molar-refractivity contribution is -0.182. The van der Waals surface area contributed by atoms with Gasteiger partial charge in [0.05, 0.1) is 12.6 Å². The molecular weight excluding hydrogens is 210 g/mol. The van der Waals surface area contributed by atoms with Crippen LogP contribution in [0, 0.1) is 0 Å². The summed E-state index contributed by atoms with van der Waals surface area (Å²) in [5.41, 5.74) is -0.554. The van der Waals surface area contributed by atoms with Gasteiger partial charge < -0.3 is 14.7 Å². The summed E-state index contributed by atoms with van der Waals surface area (Å²) >= 11 is 0. The largest absolute Gasteiger partial charge is 0.528 e. The lowest BCUT2D eigenvalue weighted by Gasteiger charge is -2.32. The molecule has 1 unspecified atom stereocenters. The number of carbonyl (C=O) groups excluding carboxylic acids is 1. The molecular formula is C11H21NO4. The van der Waals surface area contributed by atoms with Gasteiger partial charge in [0.2, 0.25) is 0 Å². The van der Waals surface area contributed by atoms with Crippen molar-refractivity contribution >= 4 is 6.16 Å². The third kappa shape index (κ3) is 4.37. The van der Waals surface area contributed by atoms with E-state index in [-0.39, 0.29) is 12.6 Å². The Morgan fingerprint density at radius 1 is 1.44 bits per heavy atom. The quantitative estimate of drug-likeness (QED) is 0.733. The predicted molar refractivity (Wildman–Crippen MR) is 58.7 cm³/mol. The molecule has 1 fully saturated rings. The lowest BCUT2D eigenvalue weighted by Crippen LogP contribution is -2.43. The Bertz CT molecular complexity index is 237. The Morgan fingerprint density at radius 3 is 2.69 bits per heavy atom. The summed E-state index contributed by atoms with van der Waals surface area (Å²) in [6.07, 6.45) is 2.17. The van der Waals surface area contributed by atoms with Crippen LogP contribution < -0.4 is 0 Å². The normalized spacial score (nSPS) is 22.9. The highest BCUT2D eigenvalue weighted by Crippen LogP contribution is 2.18. The van der Waals surface area contributed by atoms with Crippen molar-refractivity contribution < 1.29 is 19.5 Å². The molecule has 1 N–H and O–H groups in total. The van der Waals surface area contributed by atoms with Crippen LogP contribution in [0.2, 0.25) is 0 Å². The molecule has 1 aliphatic heterocycles. The molecule has 0 radical (unpaired) electrons. The highest BCUT2D eigenvalue weighted by molar-refractivity contribution is 5.60.